The molecule has 0 unspecified atom stereocenters. The van der Waals surface area contributed by atoms with E-state index in [1.165, 1.54) is 28.7 Å². The zero-order chi connectivity index (χ0) is 42.8. The predicted octanol–water partition coefficient (Wildman–Crippen LogP) is 8.80. The fraction of sp³-hybridized carbons (Fsp3) is 0.444. The summed E-state index contributed by atoms with van der Waals surface area (Å²) in [5.41, 5.74) is 1.73. The molecule has 2 aromatic carbocycles. The maximum atomic E-state index is 13.1. The molecule has 6 aromatic rings. The van der Waals surface area contributed by atoms with E-state index in [1.54, 1.807) is 16.7 Å². The number of ether oxygens (including phenoxy) is 1. The number of thiophene rings is 2. The number of pyridine rings is 1. The highest BCUT2D eigenvalue weighted by Gasteiger charge is 2.48. The number of phenolic OH excluding ortho intramolecular Hbond substituents is 1. The molecule has 7 rings (SSSR count). The van der Waals surface area contributed by atoms with Crippen LogP contribution in [0.15, 0.2) is 91.5 Å². The van der Waals surface area contributed by atoms with E-state index < -0.39 is 19.9 Å². The van der Waals surface area contributed by atoms with Crippen LogP contribution >= 0.6 is 22.7 Å². The van der Waals surface area contributed by atoms with Crippen molar-refractivity contribution in [3.63, 3.8) is 0 Å². The average Bonchev–Trinajstić information content (AvgIpc) is 4.00. The van der Waals surface area contributed by atoms with Crippen LogP contribution in [0.3, 0.4) is 0 Å². The van der Waals surface area contributed by atoms with Gasteiger partial charge in [0.2, 0.25) is 11.2 Å². The normalized spacial score (nSPS) is 17.2. The molecule has 1 aliphatic rings. The SMILES string of the molecule is CN(CCCn1c(=O)oc2cc(CNC[C@H](O[Si](C)(C)C(C)(C)C)c3ccc(O)c4[nH]c(=O)ccc34)ccc21)[C@H]1CC[C@H](OC(C(=O)O)(c2cccs2)c2cccs2)CC1. The molecule has 60 heavy (non-hydrogen) atoms. The quantitative estimate of drug-likeness (QED) is 0.0653. The summed E-state index contributed by atoms with van der Waals surface area (Å²) < 4.78 is 21.0. The van der Waals surface area contributed by atoms with Gasteiger partial charge in [-0.2, -0.15) is 0 Å². The smallest absolute Gasteiger partial charge is 0.419 e. The van der Waals surface area contributed by atoms with Crippen molar-refractivity contribution in [1.82, 2.24) is 19.8 Å². The molecule has 4 N–H and O–H groups in total. The number of H-pyrrole nitrogens is 1. The topological polar surface area (TPSA) is 159 Å². The summed E-state index contributed by atoms with van der Waals surface area (Å²) in [6.07, 6.45) is 3.57. The first-order valence-corrected chi connectivity index (χ1v) is 25.3. The third kappa shape index (κ3) is 9.13. The summed E-state index contributed by atoms with van der Waals surface area (Å²) in [6, 6.07) is 20.3. The van der Waals surface area contributed by atoms with E-state index >= 15 is 0 Å². The Balaban J connectivity index is 0.950. The Morgan fingerprint density at radius 3 is 2.35 bits per heavy atom. The van der Waals surface area contributed by atoms with Crippen LogP contribution in [0.2, 0.25) is 18.1 Å². The summed E-state index contributed by atoms with van der Waals surface area (Å²) in [5, 5.41) is 29.1. The molecule has 1 fully saturated rings. The maximum Gasteiger partial charge on any atom is 0.419 e. The number of oxazole rings is 1. The van der Waals surface area contributed by atoms with Crippen LogP contribution in [0.1, 0.15) is 79.9 Å². The fourth-order valence-corrected chi connectivity index (χ4v) is 11.1. The molecule has 0 bridgehead atoms. The Hall–Kier alpha value is -4.35. The number of aromatic nitrogens is 2. The fourth-order valence-electron chi connectivity index (χ4n) is 8.04. The lowest BCUT2D eigenvalue weighted by atomic mass is 9.90. The number of carbonyl (C=O) groups is 1. The van der Waals surface area contributed by atoms with Gasteiger partial charge in [-0.25, -0.2) is 9.59 Å². The molecule has 1 atom stereocenters. The highest BCUT2D eigenvalue weighted by molar-refractivity contribution is 7.12. The van der Waals surface area contributed by atoms with Gasteiger partial charge in [0, 0.05) is 37.1 Å². The second-order valence-corrected chi connectivity index (χ2v) is 24.1. The number of carboxylic acids is 1. The molecule has 0 amide bonds. The lowest BCUT2D eigenvalue weighted by Crippen LogP contribution is -2.44. The molecule has 12 nitrogen and oxygen atoms in total. The van der Waals surface area contributed by atoms with Gasteiger partial charge >= 0.3 is 11.7 Å². The van der Waals surface area contributed by atoms with Gasteiger partial charge in [-0.15, -0.1) is 22.7 Å². The number of aryl methyl sites for hydroxylation is 1. The number of phenols is 1. The van der Waals surface area contributed by atoms with Crippen LogP contribution in [0.25, 0.3) is 22.0 Å². The van der Waals surface area contributed by atoms with E-state index in [4.69, 9.17) is 13.6 Å². The van der Waals surface area contributed by atoms with E-state index in [0.717, 1.165) is 60.7 Å². The summed E-state index contributed by atoms with van der Waals surface area (Å²) in [7, 11) is -0.126. The Morgan fingerprint density at radius 2 is 1.72 bits per heavy atom. The van der Waals surface area contributed by atoms with E-state index in [0.29, 0.717) is 46.5 Å². The summed E-state index contributed by atoms with van der Waals surface area (Å²) in [5.74, 6) is -1.36. The number of hydrogen-bond acceptors (Lipinski definition) is 11. The molecule has 320 valence electrons. The van der Waals surface area contributed by atoms with Gasteiger partial charge in [0.1, 0.15) is 5.75 Å². The first kappa shape index (κ1) is 43.7. The average molecular weight is 873 g/mol. The minimum Gasteiger partial charge on any atom is -0.506 e. The zero-order valence-electron chi connectivity index (χ0n) is 35.2. The number of benzene rings is 2. The van der Waals surface area contributed by atoms with Gasteiger partial charge in [0.05, 0.1) is 33.0 Å². The van der Waals surface area contributed by atoms with E-state index in [9.17, 15) is 24.6 Å². The van der Waals surface area contributed by atoms with Crippen molar-refractivity contribution in [3.05, 3.63) is 119 Å². The molecule has 0 saturated heterocycles. The largest absolute Gasteiger partial charge is 0.506 e. The molecule has 0 radical (unpaired) electrons. The molecule has 15 heteroatoms. The Bertz CT molecular complexity index is 2480. The van der Waals surface area contributed by atoms with Crippen LogP contribution in [0.4, 0.5) is 0 Å². The lowest BCUT2D eigenvalue weighted by molar-refractivity contribution is -0.170. The van der Waals surface area contributed by atoms with Crippen molar-refractivity contribution in [2.24, 2.45) is 0 Å². The number of nitrogens with zero attached hydrogens (tertiary/aromatic N) is 2. The monoisotopic (exact) mass is 872 g/mol. The molecular formula is C45H56N4O8S2Si. The molecular weight excluding hydrogens is 817 g/mol. The van der Waals surface area contributed by atoms with Gasteiger partial charge in [0.25, 0.3) is 0 Å². The number of hydrogen-bond donors (Lipinski definition) is 4. The Labute approximate surface area is 358 Å². The maximum absolute atomic E-state index is 13.1. The minimum absolute atomic E-state index is 0.00932. The van der Waals surface area contributed by atoms with Crippen LogP contribution < -0.4 is 16.6 Å². The molecule has 4 aromatic heterocycles. The van der Waals surface area contributed by atoms with Gasteiger partial charge in [-0.1, -0.05) is 45.0 Å². The van der Waals surface area contributed by atoms with E-state index in [2.05, 4.69) is 56.1 Å². The molecule has 1 aliphatic carbocycles. The first-order chi connectivity index (χ1) is 28.6. The second kappa shape index (κ2) is 17.9. The van der Waals surface area contributed by atoms with Crippen molar-refractivity contribution in [1.29, 1.82) is 0 Å². The van der Waals surface area contributed by atoms with Crippen LogP contribution in [-0.2, 0) is 32.6 Å². The van der Waals surface area contributed by atoms with Gasteiger partial charge in [-0.3, -0.25) is 9.36 Å². The Kier molecular flexibility index (Phi) is 13.1. The summed E-state index contributed by atoms with van der Waals surface area (Å²) in [4.78, 5) is 44.5. The third-order valence-electron chi connectivity index (χ3n) is 12.4. The summed E-state index contributed by atoms with van der Waals surface area (Å²) in [6.45, 7) is 13.3. The Morgan fingerprint density at radius 1 is 1.02 bits per heavy atom. The summed E-state index contributed by atoms with van der Waals surface area (Å²) >= 11 is 2.82. The van der Waals surface area contributed by atoms with E-state index in [1.807, 2.05) is 59.3 Å². The number of aliphatic carboxylic acids is 1. The highest BCUT2D eigenvalue weighted by Crippen LogP contribution is 2.43. The van der Waals surface area contributed by atoms with Crippen molar-refractivity contribution < 1.29 is 28.6 Å². The third-order valence-corrected chi connectivity index (χ3v) is 18.9. The van der Waals surface area contributed by atoms with Crippen LogP contribution in [0, 0.1) is 0 Å². The molecule has 0 spiro atoms. The van der Waals surface area contributed by atoms with Gasteiger partial charge in [-0.05, 0) is 122 Å². The number of rotatable bonds is 17. The predicted molar refractivity (Wildman–Crippen MR) is 241 cm³/mol. The standard InChI is InChI=1S/C45H56N4O8S2Si/c1-44(2,3)60(5,6)57-37(32-17-20-35(50)41-33(32)18-21-40(51)47-41)28-46-27-29-12-19-34-36(26-29)55-43(54)49(34)23-9-22-48(4)30-13-15-31(16-14-30)56-45(42(52)53,38-10-7-24-58-38)39-11-8-25-59-39/h7-8,10-12,17-21,24-26,30-31,37,46,50H,9,13-16,22-23,27-28H2,1-6H3,(H,47,51)(H,52,53)/t30-,31-,37-/m0/s1. The van der Waals surface area contributed by atoms with Crippen LogP contribution in [-0.4, -0.2) is 71.2 Å². The molecule has 4 heterocycles. The van der Waals surface area contributed by atoms with Crippen molar-refractivity contribution in [3.8, 4) is 5.75 Å². The van der Waals surface area contributed by atoms with E-state index in [-0.39, 0.29) is 34.3 Å². The van der Waals surface area contributed by atoms with Crippen molar-refractivity contribution in [2.45, 2.75) is 108 Å². The number of aromatic hydroxyl groups is 1. The zero-order valence-corrected chi connectivity index (χ0v) is 37.8. The van der Waals surface area contributed by atoms with Crippen molar-refractivity contribution in [2.75, 3.05) is 20.1 Å². The molecule has 0 aliphatic heterocycles. The minimum atomic E-state index is -2.24. The van der Waals surface area contributed by atoms with Gasteiger partial charge < -0.3 is 39.0 Å². The lowest BCUT2D eigenvalue weighted by Gasteiger charge is -2.39. The number of nitrogens with one attached hydrogen (secondary N) is 2. The molecule has 1 saturated carbocycles. The number of carboxylic acid groups (broad SMARTS) is 1. The van der Waals surface area contributed by atoms with Crippen LogP contribution in [0.5, 0.6) is 5.75 Å². The first-order valence-electron chi connectivity index (χ1n) is 20.6. The van der Waals surface area contributed by atoms with Gasteiger partial charge in [0.15, 0.2) is 13.9 Å². The second-order valence-electron chi connectivity index (χ2n) is 17.4. The van der Waals surface area contributed by atoms with Crippen molar-refractivity contribution >= 4 is 59.0 Å². The highest BCUT2D eigenvalue weighted by atomic mass is 32.1. The number of fused-ring (bicyclic) bond motifs is 2. The number of aromatic amines is 1.